The third-order valence-electron chi connectivity index (χ3n) is 4.98. The number of nitro groups is 1. The van der Waals surface area contributed by atoms with Gasteiger partial charge in [0.2, 0.25) is 5.78 Å². The first-order chi connectivity index (χ1) is 14.6. The van der Waals surface area contributed by atoms with Crippen LogP contribution in [0.4, 0.5) is 5.69 Å². The lowest BCUT2D eigenvalue weighted by Gasteiger charge is -2.11. The molecular weight excluding hydrogens is 402 g/mol. The van der Waals surface area contributed by atoms with Gasteiger partial charge in [0.25, 0.3) is 11.2 Å². The molecule has 0 atom stereocenters. The van der Waals surface area contributed by atoms with Gasteiger partial charge in [-0.25, -0.2) is 0 Å². The van der Waals surface area contributed by atoms with Crippen LogP contribution in [0.2, 0.25) is 0 Å². The first-order valence-corrected chi connectivity index (χ1v) is 10.8. The smallest absolute Gasteiger partial charge is 0.269 e. The van der Waals surface area contributed by atoms with Crippen molar-refractivity contribution in [3.8, 4) is 0 Å². The number of rotatable bonds is 8. The Morgan fingerprint density at radius 1 is 1.07 bits per heavy atom. The van der Waals surface area contributed by atoms with Crippen molar-refractivity contribution < 1.29 is 4.92 Å². The van der Waals surface area contributed by atoms with Crippen LogP contribution in [0.1, 0.15) is 31.7 Å². The van der Waals surface area contributed by atoms with E-state index in [1.807, 2.05) is 28.7 Å². The molecule has 154 valence electrons. The molecule has 0 bridgehead atoms. The van der Waals surface area contributed by atoms with E-state index >= 15 is 0 Å². The number of fused-ring (bicyclic) bond motifs is 3. The molecule has 0 N–H and O–H groups in total. The Kier molecular flexibility index (Phi) is 5.80. The maximum absolute atomic E-state index is 13.0. The first-order valence-electron chi connectivity index (χ1n) is 9.83. The summed E-state index contributed by atoms with van der Waals surface area (Å²) in [6, 6.07) is 14.0. The summed E-state index contributed by atoms with van der Waals surface area (Å²) < 4.78 is 3.64. The Bertz CT molecular complexity index is 1260. The van der Waals surface area contributed by atoms with E-state index in [2.05, 4.69) is 17.1 Å². The molecule has 8 nitrogen and oxygen atoms in total. The number of nitro benzene ring substituents is 1. The number of hydrogen-bond acceptors (Lipinski definition) is 6. The highest BCUT2D eigenvalue weighted by atomic mass is 32.2. The Labute approximate surface area is 176 Å². The number of benzene rings is 2. The molecule has 0 spiro atoms. The second-order valence-corrected chi connectivity index (χ2v) is 7.95. The highest BCUT2D eigenvalue weighted by molar-refractivity contribution is 7.98. The Morgan fingerprint density at radius 2 is 1.83 bits per heavy atom. The summed E-state index contributed by atoms with van der Waals surface area (Å²) in [5, 5.41) is 20.8. The quantitative estimate of drug-likeness (QED) is 0.180. The molecule has 2 aromatic heterocycles. The van der Waals surface area contributed by atoms with E-state index in [9.17, 15) is 14.9 Å². The third kappa shape index (κ3) is 3.80. The van der Waals surface area contributed by atoms with E-state index in [1.165, 1.54) is 23.9 Å². The molecule has 4 aromatic rings. The van der Waals surface area contributed by atoms with Crippen LogP contribution in [0, 0.1) is 10.1 Å². The van der Waals surface area contributed by atoms with Gasteiger partial charge in [0.15, 0.2) is 5.16 Å². The predicted molar refractivity (Wildman–Crippen MR) is 117 cm³/mol. The summed E-state index contributed by atoms with van der Waals surface area (Å²) >= 11 is 1.49. The van der Waals surface area contributed by atoms with Crippen molar-refractivity contribution in [3.63, 3.8) is 0 Å². The lowest BCUT2D eigenvalue weighted by Crippen LogP contribution is -2.23. The fourth-order valence-electron chi connectivity index (χ4n) is 3.41. The van der Waals surface area contributed by atoms with Gasteiger partial charge in [0.1, 0.15) is 0 Å². The number of non-ortho nitro benzene ring substituents is 1. The van der Waals surface area contributed by atoms with Crippen LogP contribution in [0.5, 0.6) is 0 Å². The topological polar surface area (TPSA) is 95.3 Å². The molecule has 2 aromatic carbocycles. The van der Waals surface area contributed by atoms with Gasteiger partial charge >= 0.3 is 0 Å². The van der Waals surface area contributed by atoms with Crippen LogP contribution in [0.25, 0.3) is 16.7 Å². The summed E-state index contributed by atoms with van der Waals surface area (Å²) in [6.07, 6.45) is 3.02. The summed E-state index contributed by atoms with van der Waals surface area (Å²) in [6.45, 7) is 2.73. The number of hydrogen-bond donors (Lipinski definition) is 0. The number of aromatic nitrogens is 4. The number of nitrogens with zero attached hydrogens (tertiary/aromatic N) is 5. The van der Waals surface area contributed by atoms with Crippen molar-refractivity contribution in [1.82, 2.24) is 19.2 Å². The lowest BCUT2D eigenvalue weighted by atomic mass is 10.2. The van der Waals surface area contributed by atoms with Crippen molar-refractivity contribution in [2.45, 2.75) is 43.6 Å². The molecule has 0 aliphatic rings. The average Bonchev–Trinajstić information content (AvgIpc) is 3.19. The van der Waals surface area contributed by atoms with Gasteiger partial charge in [-0.15, -0.1) is 10.2 Å². The molecule has 0 saturated heterocycles. The standard InChI is InChI=1S/C21H21N5O3S/c1-2-3-6-13-24-19(27)17-7-4-5-8-18(17)25-20(24)22-23-21(25)30-14-15-9-11-16(12-10-15)26(28)29/h4-5,7-12H,2-3,6,13-14H2,1H3. The summed E-state index contributed by atoms with van der Waals surface area (Å²) in [5.41, 5.74) is 1.75. The van der Waals surface area contributed by atoms with Crippen LogP contribution in [0.15, 0.2) is 58.5 Å². The zero-order valence-corrected chi connectivity index (χ0v) is 17.3. The van der Waals surface area contributed by atoms with Crippen LogP contribution in [-0.2, 0) is 12.3 Å². The van der Waals surface area contributed by atoms with E-state index < -0.39 is 4.92 Å². The maximum atomic E-state index is 13.0. The normalized spacial score (nSPS) is 11.4. The lowest BCUT2D eigenvalue weighted by molar-refractivity contribution is -0.384. The van der Waals surface area contributed by atoms with Crippen LogP contribution in [-0.4, -0.2) is 24.1 Å². The predicted octanol–water partition coefficient (Wildman–Crippen LogP) is 4.43. The first kappa shape index (κ1) is 20.1. The average molecular weight is 423 g/mol. The molecular formula is C21H21N5O3S. The molecule has 4 rings (SSSR count). The Hall–Kier alpha value is -3.20. The second-order valence-electron chi connectivity index (χ2n) is 7.01. The van der Waals surface area contributed by atoms with E-state index in [0.29, 0.717) is 28.6 Å². The number of unbranched alkanes of at least 4 members (excludes halogenated alkanes) is 2. The SMILES string of the molecule is CCCCCn1c(=O)c2ccccc2n2c(SCc3ccc([N+](=O)[O-])cc3)nnc12. The largest absolute Gasteiger partial charge is 0.276 e. The fourth-order valence-corrected chi connectivity index (χ4v) is 4.31. The third-order valence-corrected chi connectivity index (χ3v) is 5.98. The van der Waals surface area contributed by atoms with Gasteiger partial charge in [-0.2, -0.15) is 0 Å². The minimum atomic E-state index is -0.410. The molecule has 0 fully saturated rings. The molecule has 0 amide bonds. The van der Waals surface area contributed by atoms with Crippen molar-refractivity contribution in [1.29, 1.82) is 0 Å². The van der Waals surface area contributed by atoms with Crippen molar-refractivity contribution in [3.05, 3.63) is 74.6 Å². The highest BCUT2D eigenvalue weighted by Crippen LogP contribution is 2.25. The summed E-state index contributed by atoms with van der Waals surface area (Å²) in [4.78, 5) is 23.5. The monoisotopic (exact) mass is 423 g/mol. The van der Waals surface area contributed by atoms with Gasteiger partial charge in [0.05, 0.1) is 15.8 Å². The zero-order valence-electron chi connectivity index (χ0n) is 16.5. The van der Waals surface area contributed by atoms with Gasteiger partial charge in [-0.05, 0) is 24.1 Å². The molecule has 0 unspecified atom stereocenters. The maximum Gasteiger partial charge on any atom is 0.269 e. The van der Waals surface area contributed by atoms with Crippen molar-refractivity contribution in [2.75, 3.05) is 0 Å². The summed E-state index contributed by atoms with van der Waals surface area (Å²) in [7, 11) is 0. The molecule has 2 heterocycles. The van der Waals surface area contributed by atoms with Crippen LogP contribution in [0.3, 0.4) is 0 Å². The van der Waals surface area contributed by atoms with E-state index in [1.54, 1.807) is 16.7 Å². The van der Waals surface area contributed by atoms with Gasteiger partial charge in [0, 0.05) is 24.4 Å². The van der Waals surface area contributed by atoms with Gasteiger partial charge in [-0.1, -0.05) is 55.8 Å². The highest BCUT2D eigenvalue weighted by Gasteiger charge is 2.16. The molecule has 0 radical (unpaired) electrons. The van der Waals surface area contributed by atoms with Crippen LogP contribution >= 0.6 is 11.8 Å². The summed E-state index contributed by atoms with van der Waals surface area (Å²) in [5.74, 6) is 1.13. The second kappa shape index (κ2) is 8.66. The van der Waals surface area contributed by atoms with E-state index in [-0.39, 0.29) is 11.2 Å². The van der Waals surface area contributed by atoms with E-state index in [0.717, 1.165) is 30.3 Å². The molecule has 9 heteroatoms. The Morgan fingerprint density at radius 3 is 2.57 bits per heavy atom. The Balaban J connectivity index is 1.72. The van der Waals surface area contributed by atoms with Crippen LogP contribution < -0.4 is 5.56 Å². The number of thioether (sulfide) groups is 1. The van der Waals surface area contributed by atoms with Gasteiger partial charge < -0.3 is 0 Å². The van der Waals surface area contributed by atoms with Gasteiger partial charge in [-0.3, -0.25) is 23.9 Å². The molecule has 0 aliphatic carbocycles. The number of para-hydroxylation sites is 1. The minimum Gasteiger partial charge on any atom is -0.276 e. The van der Waals surface area contributed by atoms with Crippen molar-refractivity contribution in [2.24, 2.45) is 0 Å². The molecule has 30 heavy (non-hydrogen) atoms. The number of aryl methyl sites for hydroxylation is 1. The van der Waals surface area contributed by atoms with E-state index in [4.69, 9.17) is 0 Å². The minimum absolute atomic E-state index is 0.0477. The van der Waals surface area contributed by atoms with Crippen molar-refractivity contribution >= 4 is 34.1 Å². The zero-order chi connectivity index (χ0) is 21.1. The fraction of sp³-hybridized carbons (Fsp3) is 0.286. The molecule has 0 aliphatic heterocycles. The molecule has 0 saturated carbocycles.